The van der Waals surface area contributed by atoms with E-state index in [9.17, 15) is 4.79 Å². The topological polar surface area (TPSA) is 75.6 Å². The first-order valence-corrected chi connectivity index (χ1v) is 6.22. The Morgan fingerprint density at radius 3 is 2.53 bits per heavy atom. The van der Waals surface area contributed by atoms with E-state index in [-0.39, 0.29) is 11.6 Å². The van der Waals surface area contributed by atoms with E-state index in [2.05, 4.69) is 20.4 Å². The number of aryl methyl sites for hydroxylation is 4. The fraction of sp³-hybridized carbons (Fsp3) is 0.462. The van der Waals surface area contributed by atoms with Crippen LogP contribution in [0.1, 0.15) is 35.7 Å². The summed E-state index contributed by atoms with van der Waals surface area (Å²) in [4.78, 5) is 19.1. The van der Waals surface area contributed by atoms with Gasteiger partial charge in [0.05, 0.1) is 28.7 Å². The van der Waals surface area contributed by atoms with Crippen LogP contribution in [0.5, 0.6) is 0 Å². The van der Waals surface area contributed by atoms with Crippen molar-refractivity contribution in [2.45, 2.75) is 33.7 Å². The van der Waals surface area contributed by atoms with E-state index in [0.717, 1.165) is 17.1 Å². The number of nitrogens with zero attached hydrogens (tertiary/aromatic N) is 3. The molecule has 2 rings (SSSR count). The van der Waals surface area contributed by atoms with Crippen molar-refractivity contribution < 1.29 is 0 Å². The second-order valence-corrected chi connectivity index (χ2v) is 4.82. The second-order valence-electron chi connectivity index (χ2n) is 4.82. The first-order chi connectivity index (χ1) is 8.88. The monoisotopic (exact) mass is 261 g/mol. The van der Waals surface area contributed by atoms with Crippen molar-refractivity contribution in [3.8, 4) is 0 Å². The number of nitrogens with one attached hydrogen (secondary N) is 2. The summed E-state index contributed by atoms with van der Waals surface area (Å²) < 4.78 is 1.74. The molecule has 2 N–H and O–H groups in total. The maximum Gasteiger partial charge on any atom is 0.256 e. The molecule has 0 aliphatic carbocycles. The highest BCUT2D eigenvalue weighted by Crippen LogP contribution is 2.20. The predicted octanol–water partition coefficient (Wildman–Crippen LogP) is 1.60. The lowest BCUT2D eigenvalue weighted by Crippen LogP contribution is -2.23. The van der Waals surface area contributed by atoms with Crippen molar-refractivity contribution in [1.82, 2.24) is 19.7 Å². The zero-order valence-corrected chi connectivity index (χ0v) is 11.9. The quantitative estimate of drug-likeness (QED) is 0.880. The Morgan fingerprint density at radius 2 is 2.00 bits per heavy atom. The maximum absolute atomic E-state index is 12.0. The highest BCUT2D eigenvalue weighted by atomic mass is 16.1. The van der Waals surface area contributed by atoms with E-state index in [1.54, 1.807) is 11.6 Å². The predicted molar refractivity (Wildman–Crippen MR) is 74.3 cm³/mol. The summed E-state index contributed by atoms with van der Waals surface area (Å²) in [6, 6.07) is -0.125. The van der Waals surface area contributed by atoms with Crippen molar-refractivity contribution in [3.05, 3.63) is 39.3 Å². The molecule has 1 unspecified atom stereocenters. The molecule has 0 saturated heterocycles. The van der Waals surface area contributed by atoms with Gasteiger partial charge in [0.1, 0.15) is 5.82 Å². The molecule has 0 fully saturated rings. The molecule has 1 atom stereocenters. The van der Waals surface area contributed by atoms with Gasteiger partial charge in [-0.1, -0.05) is 0 Å². The summed E-state index contributed by atoms with van der Waals surface area (Å²) in [5.41, 5.74) is 3.15. The van der Waals surface area contributed by atoms with E-state index in [1.165, 1.54) is 0 Å². The summed E-state index contributed by atoms with van der Waals surface area (Å²) in [5, 5.41) is 7.57. The number of aromatic nitrogens is 4. The number of rotatable bonds is 3. The minimum Gasteiger partial charge on any atom is -0.375 e. The molecule has 19 heavy (non-hydrogen) atoms. The molecular weight excluding hydrogens is 242 g/mol. The average molecular weight is 261 g/mol. The van der Waals surface area contributed by atoms with Gasteiger partial charge in [-0.2, -0.15) is 5.10 Å². The highest BCUT2D eigenvalue weighted by molar-refractivity contribution is 5.47. The number of H-pyrrole nitrogens is 1. The van der Waals surface area contributed by atoms with Crippen LogP contribution in [-0.2, 0) is 7.05 Å². The lowest BCUT2D eigenvalue weighted by Gasteiger charge is -2.15. The first kappa shape index (κ1) is 13.3. The molecular formula is C13H19N5O. The molecule has 2 aromatic heterocycles. The standard InChI is InChI=1S/C13H19N5O/c1-7-11(6-18(5)17-7)15-9(3)12-8(2)14-10(4)16-13(12)19/h6,9,15H,1-5H3,(H,14,16,19). The lowest BCUT2D eigenvalue weighted by atomic mass is 10.1. The summed E-state index contributed by atoms with van der Waals surface area (Å²) in [5.74, 6) is 0.635. The molecule has 0 amide bonds. The number of hydrogen-bond acceptors (Lipinski definition) is 4. The van der Waals surface area contributed by atoms with Crippen LogP contribution in [-0.4, -0.2) is 19.7 Å². The Hall–Kier alpha value is -2.11. The fourth-order valence-electron chi connectivity index (χ4n) is 2.29. The molecule has 0 saturated carbocycles. The fourth-order valence-corrected chi connectivity index (χ4v) is 2.29. The Morgan fingerprint density at radius 1 is 1.32 bits per heavy atom. The summed E-state index contributed by atoms with van der Waals surface area (Å²) in [6.07, 6.45) is 1.90. The molecule has 6 nitrogen and oxygen atoms in total. The van der Waals surface area contributed by atoms with Crippen molar-refractivity contribution >= 4 is 5.69 Å². The van der Waals surface area contributed by atoms with Crippen LogP contribution < -0.4 is 10.9 Å². The van der Waals surface area contributed by atoms with Gasteiger partial charge < -0.3 is 10.3 Å². The Balaban J connectivity index is 2.33. The Bertz CT molecular complexity index is 656. The number of hydrogen-bond donors (Lipinski definition) is 2. The van der Waals surface area contributed by atoms with Crippen molar-refractivity contribution in [2.24, 2.45) is 7.05 Å². The van der Waals surface area contributed by atoms with Crippen LogP contribution in [0.15, 0.2) is 11.0 Å². The molecule has 102 valence electrons. The molecule has 2 heterocycles. The molecule has 2 aromatic rings. The van der Waals surface area contributed by atoms with Gasteiger partial charge in [-0.05, 0) is 27.7 Å². The molecule has 0 aliphatic rings. The second kappa shape index (κ2) is 4.87. The number of anilines is 1. The minimum absolute atomic E-state index is 0.0912. The van der Waals surface area contributed by atoms with Crippen LogP contribution in [0.25, 0.3) is 0 Å². The molecule has 0 aromatic carbocycles. The zero-order valence-electron chi connectivity index (χ0n) is 11.9. The van der Waals surface area contributed by atoms with Gasteiger partial charge in [-0.3, -0.25) is 9.48 Å². The van der Waals surface area contributed by atoms with Crippen molar-refractivity contribution in [2.75, 3.05) is 5.32 Å². The zero-order chi connectivity index (χ0) is 14.2. The van der Waals surface area contributed by atoms with Crippen LogP contribution in [0.2, 0.25) is 0 Å². The van der Waals surface area contributed by atoms with Gasteiger partial charge >= 0.3 is 0 Å². The van der Waals surface area contributed by atoms with Crippen LogP contribution in [0, 0.1) is 20.8 Å². The first-order valence-electron chi connectivity index (χ1n) is 6.22. The number of aromatic amines is 1. The molecule has 0 aliphatic heterocycles. The van der Waals surface area contributed by atoms with Gasteiger partial charge in [-0.15, -0.1) is 0 Å². The third kappa shape index (κ3) is 2.67. The van der Waals surface area contributed by atoms with Gasteiger partial charge in [0.15, 0.2) is 0 Å². The van der Waals surface area contributed by atoms with Crippen LogP contribution in [0.3, 0.4) is 0 Å². The van der Waals surface area contributed by atoms with E-state index < -0.39 is 0 Å². The SMILES string of the molecule is Cc1nc(C)c(C(C)Nc2cn(C)nc2C)c(=O)[nH]1. The summed E-state index contributed by atoms with van der Waals surface area (Å²) in [7, 11) is 1.87. The van der Waals surface area contributed by atoms with E-state index in [0.29, 0.717) is 11.4 Å². The van der Waals surface area contributed by atoms with Crippen LogP contribution >= 0.6 is 0 Å². The smallest absolute Gasteiger partial charge is 0.256 e. The highest BCUT2D eigenvalue weighted by Gasteiger charge is 2.16. The van der Waals surface area contributed by atoms with Gasteiger partial charge in [0.2, 0.25) is 0 Å². The van der Waals surface area contributed by atoms with E-state index >= 15 is 0 Å². The minimum atomic E-state index is -0.125. The van der Waals surface area contributed by atoms with Gasteiger partial charge in [0.25, 0.3) is 5.56 Å². The van der Waals surface area contributed by atoms with Gasteiger partial charge in [-0.25, -0.2) is 4.98 Å². The molecule has 0 spiro atoms. The molecule has 0 bridgehead atoms. The van der Waals surface area contributed by atoms with E-state index in [4.69, 9.17) is 0 Å². The largest absolute Gasteiger partial charge is 0.375 e. The summed E-state index contributed by atoms with van der Waals surface area (Å²) in [6.45, 7) is 7.51. The Kier molecular flexibility index (Phi) is 3.42. The third-order valence-electron chi connectivity index (χ3n) is 3.08. The normalized spacial score (nSPS) is 12.5. The van der Waals surface area contributed by atoms with E-state index in [1.807, 2.05) is 34.0 Å². The lowest BCUT2D eigenvalue weighted by molar-refractivity contribution is 0.756. The Labute approximate surface area is 111 Å². The van der Waals surface area contributed by atoms with Gasteiger partial charge in [0, 0.05) is 13.2 Å². The maximum atomic E-state index is 12.0. The molecule has 6 heteroatoms. The van der Waals surface area contributed by atoms with Crippen molar-refractivity contribution in [3.63, 3.8) is 0 Å². The van der Waals surface area contributed by atoms with Crippen LogP contribution in [0.4, 0.5) is 5.69 Å². The average Bonchev–Trinajstić information content (AvgIpc) is 2.55. The van der Waals surface area contributed by atoms with Crippen molar-refractivity contribution in [1.29, 1.82) is 0 Å². The molecule has 0 radical (unpaired) electrons. The third-order valence-corrected chi connectivity index (χ3v) is 3.08. The summed E-state index contributed by atoms with van der Waals surface area (Å²) >= 11 is 0.